The minimum absolute atomic E-state index is 0.00963. The SMILES string of the molecule is Cc1nc(-c2ccc(CC(=O)N3CCNC(=O)C3C)cc2)cs1. The van der Waals surface area contributed by atoms with E-state index in [4.69, 9.17) is 0 Å². The number of rotatable bonds is 3. The van der Waals surface area contributed by atoms with Crippen molar-refractivity contribution in [2.24, 2.45) is 0 Å². The van der Waals surface area contributed by atoms with Gasteiger partial charge < -0.3 is 10.2 Å². The highest BCUT2D eigenvalue weighted by atomic mass is 32.1. The van der Waals surface area contributed by atoms with Gasteiger partial charge in [0.15, 0.2) is 0 Å². The molecule has 5 nitrogen and oxygen atoms in total. The van der Waals surface area contributed by atoms with E-state index in [0.29, 0.717) is 19.5 Å². The van der Waals surface area contributed by atoms with Crippen molar-refractivity contribution in [3.8, 4) is 11.3 Å². The number of nitrogens with one attached hydrogen (secondary N) is 1. The second kappa shape index (κ2) is 6.50. The lowest BCUT2D eigenvalue weighted by atomic mass is 10.1. The van der Waals surface area contributed by atoms with Gasteiger partial charge in [-0.1, -0.05) is 24.3 Å². The predicted octanol–water partition coefficient (Wildman–Crippen LogP) is 2.01. The summed E-state index contributed by atoms with van der Waals surface area (Å²) in [6.07, 6.45) is 0.313. The van der Waals surface area contributed by atoms with Crippen LogP contribution in [-0.4, -0.2) is 40.8 Å². The predicted molar refractivity (Wildman–Crippen MR) is 90.2 cm³/mol. The molecule has 23 heavy (non-hydrogen) atoms. The van der Waals surface area contributed by atoms with Crippen molar-refractivity contribution in [1.82, 2.24) is 15.2 Å². The van der Waals surface area contributed by atoms with Crippen molar-refractivity contribution in [1.29, 1.82) is 0 Å². The number of aromatic nitrogens is 1. The Hall–Kier alpha value is -2.21. The molecule has 1 saturated heterocycles. The average molecular weight is 329 g/mol. The first-order valence-electron chi connectivity index (χ1n) is 7.63. The summed E-state index contributed by atoms with van der Waals surface area (Å²) in [5.74, 6) is -0.0940. The number of nitrogens with zero attached hydrogens (tertiary/aromatic N) is 2. The Morgan fingerprint density at radius 1 is 1.39 bits per heavy atom. The van der Waals surface area contributed by atoms with Crippen LogP contribution in [0, 0.1) is 6.92 Å². The number of amides is 2. The summed E-state index contributed by atoms with van der Waals surface area (Å²) in [6, 6.07) is 7.49. The first kappa shape index (κ1) is 15.7. The van der Waals surface area contributed by atoms with Crippen LogP contribution < -0.4 is 5.32 Å². The van der Waals surface area contributed by atoms with Crippen LogP contribution in [0.5, 0.6) is 0 Å². The quantitative estimate of drug-likeness (QED) is 0.937. The van der Waals surface area contributed by atoms with Gasteiger partial charge in [-0.3, -0.25) is 9.59 Å². The molecular weight excluding hydrogens is 310 g/mol. The summed E-state index contributed by atoms with van der Waals surface area (Å²) in [7, 11) is 0. The van der Waals surface area contributed by atoms with Crippen molar-refractivity contribution in [2.45, 2.75) is 26.3 Å². The van der Waals surface area contributed by atoms with Crippen LogP contribution in [0.2, 0.25) is 0 Å². The van der Waals surface area contributed by atoms with E-state index in [0.717, 1.165) is 21.8 Å². The van der Waals surface area contributed by atoms with E-state index in [2.05, 4.69) is 10.3 Å². The standard InChI is InChI=1S/C17H19N3O2S/c1-11-17(22)18-7-8-20(11)16(21)9-13-3-5-14(6-4-13)15-10-23-12(2)19-15/h3-6,10-11H,7-9H2,1-2H3,(H,18,22). The van der Waals surface area contributed by atoms with Crippen molar-refractivity contribution >= 4 is 23.2 Å². The molecule has 2 heterocycles. The summed E-state index contributed by atoms with van der Waals surface area (Å²) in [5, 5.41) is 5.84. The number of carbonyl (C=O) groups is 2. The van der Waals surface area contributed by atoms with Crippen LogP contribution in [0.15, 0.2) is 29.6 Å². The van der Waals surface area contributed by atoms with Crippen LogP contribution >= 0.6 is 11.3 Å². The zero-order valence-corrected chi connectivity index (χ0v) is 14.0. The van der Waals surface area contributed by atoms with Gasteiger partial charge in [0.05, 0.1) is 17.1 Å². The molecule has 0 bridgehead atoms. The van der Waals surface area contributed by atoms with E-state index in [1.54, 1.807) is 23.2 Å². The molecule has 120 valence electrons. The van der Waals surface area contributed by atoms with Gasteiger partial charge in [-0.05, 0) is 19.4 Å². The fourth-order valence-corrected chi connectivity index (χ4v) is 3.31. The van der Waals surface area contributed by atoms with Crippen LogP contribution in [0.3, 0.4) is 0 Å². The number of thiazole rings is 1. The van der Waals surface area contributed by atoms with E-state index in [1.165, 1.54) is 0 Å². The topological polar surface area (TPSA) is 62.3 Å². The Kier molecular flexibility index (Phi) is 4.43. The van der Waals surface area contributed by atoms with E-state index in [1.807, 2.05) is 36.6 Å². The number of benzene rings is 1. The molecule has 1 unspecified atom stereocenters. The number of hydrogen-bond donors (Lipinski definition) is 1. The van der Waals surface area contributed by atoms with E-state index in [9.17, 15) is 9.59 Å². The molecule has 2 amide bonds. The molecule has 1 N–H and O–H groups in total. The van der Waals surface area contributed by atoms with Gasteiger partial charge in [-0.15, -0.1) is 11.3 Å². The molecule has 1 aliphatic rings. The summed E-state index contributed by atoms with van der Waals surface area (Å²) in [4.78, 5) is 30.2. The minimum Gasteiger partial charge on any atom is -0.353 e. The average Bonchev–Trinajstić information content (AvgIpc) is 2.97. The van der Waals surface area contributed by atoms with Gasteiger partial charge in [0.1, 0.15) is 6.04 Å². The normalized spacial score (nSPS) is 17.9. The number of carbonyl (C=O) groups excluding carboxylic acids is 2. The molecule has 1 aromatic heterocycles. The number of aryl methyl sites for hydroxylation is 1. The molecule has 3 rings (SSSR count). The fraction of sp³-hybridized carbons (Fsp3) is 0.353. The largest absolute Gasteiger partial charge is 0.353 e. The van der Waals surface area contributed by atoms with Crippen molar-refractivity contribution < 1.29 is 9.59 Å². The second-order valence-electron chi connectivity index (χ2n) is 5.68. The van der Waals surface area contributed by atoms with Gasteiger partial charge in [-0.25, -0.2) is 4.98 Å². The molecule has 1 atom stereocenters. The van der Waals surface area contributed by atoms with E-state index < -0.39 is 6.04 Å². The molecule has 1 aliphatic heterocycles. The molecule has 6 heteroatoms. The van der Waals surface area contributed by atoms with Crippen LogP contribution in [0.1, 0.15) is 17.5 Å². The van der Waals surface area contributed by atoms with Crippen molar-refractivity contribution in [2.75, 3.05) is 13.1 Å². The highest BCUT2D eigenvalue weighted by molar-refractivity contribution is 7.09. The highest BCUT2D eigenvalue weighted by Crippen LogP contribution is 2.22. The molecule has 1 aromatic carbocycles. The molecule has 0 spiro atoms. The second-order valence-corrected chi connectivity index (χ2v) is 6.74. The molecular formula is C17H19N3O2S. The Bertz CT molecular complexity index is 724. The lowest BCUT2D eigenvalue weighted by molar-refractivity contribution is -0.142. The lowest BCUT2D eigenvalue weighted by Gasteiger charge is -2.32. The van der Waals surface area contributed by atoms with Gasteiger partial charge in [0, 0.05) is 24.0 Å². The minimum atomic E-state index is -0.395. The van der Waals surface area contributed by atoms with Crippen LogP contribution in [-0.2, 0) is 16.0 Å². The van der Waals surface area contributed by atoms with Gasteiger partial charge in [-0.2, -0.15) is 0 Å². The smallest absolute Gasteiger partial charge is 0.242 e. The third kappa shape index (κ3) is 3.42. The Labute approximate surface area is 139 Å². The summed E-state index contributed by atoms with van der Waals surface area (Å²) in [5.41, 5.74) is 2.96. The molecule has 0 saturated carbocycles. The maximum absolute atomic E-state index is 12.4. The van der Waals surface area contributed by atoms with Crippen LogP contribution in [0.4, 0.5) is 0 Å². The third-order valence-electron chi connectivity index (χ3n) is 4.04. The maximum atomic E-state index is 12.4. The van der Waals surface area contributed by atoms with Gasteiger partial charge in [0.2, 0.25) is 11.8 Å². The Morgan fingerprint density at radius 3 is 2.78 bits per heavy atom. The first-order valence-corrected chi connectivity index (χ1v) is 8.51. The van der Waals surface area contributed by atoms with E-state index in [-0.39, 0.29) is 11.8 Å². The van der Waals surface area contributed by atoms with Crippen molar-refractivity contribution in [3.63, 3.8) is 0 Å². The molecule has 0 radical (unpaired) electrons. The van der Waals surface area contributed by atoms with E-state index >= 15 is 0 Å². The van der Waals surface area contributed by atoms with Crippen molar-refractivity contribution in [3.05, 3.63) is 40.2 Å². The monoisotopic (exact) mass is 329 g/mol. The summed E-state index contributed by atoms with van der Waals surface area (Å²) < 4.78 is 0. The maximum Gasteiger partial charge on any atom is 0.242 e. The molecule has 0 aliphatic carbocycles. The fourth-order valence-electron chi connectivity index (χ4n) is 2.69. The number of hydrogen-bond acceptors (Lipinski definition) is 4. The lowest BCUT2D eigenvalue weighted by Crippen LogP contribution is -2.56. The zero-order valence-electron chi connectivity index (χ0n) is 13.2. The van der Waals surface area contributed by atoms with Gasteiger partial charge >= 0.3 is 0 Å². The van der Waals surface area contributed by atoms with Gasteiger partial charge in [0.25, 0.3) is 0 Å². The van der Waals surface area contributed by atoms with Crippen LogP contribution in [0.25, 0.3) is 11.3 Å². The third-order valence-corrected chi connectivity index (χ3v) is 4.82. The Morgan fingerprint density at radius 2 is 2.13 bits per heavy atom. The molecule has 1 fully saturated rings. The molecule has 2 aromatic rings. The summed E-state index contributed by atoms with van der Waals surface area (Å²) >= 11 is 1.62. The zero-order chi connectivity index (χ0) is 16.4. The summed E-state index contributed by atoms with van der Waals surface area (Å²) in [6.45, 7) is 4.84. The highest BCUT2D eigenvalue weighted by Gasteiger charge is 2.28. The first-order chi connectivity index (χ1) is 11.0. The number of piperazine rings is 1. The Balaban J connectivity index is 1.68.